The number of hydrogen-bond donors (Lipinski definition) is 1. The average Bonchev–Trinajstić information content (AvgIpc) is 2.47. The monoisotopic (exact) mass is 307 g/mol. The van der Waals surface area contributed by atoms with E-state index in [0.29, 0.717) is 29.2 Å². The van der Waals surface area contributed by atoms with E-state index in [1.54, 1.807) is 32.2 Å². The Morgan fingerprint density at radius 3 is 2.86 bits per heavy atom. The summed E-state index contributed by atoms with van der Waals surface area (Å²) < 4.78 is 6.56. The van der Waals surface area contributed by atoms with Crippen LogP contribution in [0, 0.1) is 0 Å². The molecule has 0 saturated heterocycles. The number of hydrogen-bond acceptors (Lipinski definition) is 5. The highest BCUT2D eigenvalue weighted by atomic mass is 32.2. The van der Waals surface area contributed by atoms with Gasteiger partial charge in [-0.15, -0.1) is 0 Å². The van der Waals surface area contributed by atoms with Crippen LogP contribution in [-0.2, 0) is 16.1 Å². The lowest BCUT2D eigenvalue weighted by Gasteiger charge is -2.14. The Bertz CT molecular complexity index is 714. The maximum absolute atomic E-state index is 12.5. The molecule has 21 heavy (non-hydrogen) atoms. The van der Waals surface area contributed by atoms with Gasteiger partial charge in [-0.05, 0) is 19.1 Å². The number of methoxy groups -OCH3 is 1. The SMILES string of the molecule is COCCn1c(S[C@@H](C)C(N)=O)nc2ccccc2c1=O. The first-order chi connectivity index (χ1) is 10.0. The van der Waals surface area contributed by atoms with Gasteiger partial charge in [-0.3, -0.25) is 14.2 Å². The maximum Gasteiger partial charge on any atom is 0.262 e. The number of carbonyl (C=O) groups is 1. The molecule has 7 heteroatoms. The van der Waals surface area contributed by atoms with Crippen LogP contribution in [0.25, 0.3) is 10.9 Å². The number of fused-ring (bicyclic) bond motifs is 1. The number of amides is 1. The first kappa shape index (κ1) is 15.5. The molecule has 0 spiro atoms. The van der Waals surface area contributed by atoms with Crippen LogP contribution < -0.4 is 11.3 Å². The Balaban J connectivity index is 2.54. The summed E-state index contributed by atoms with van der Waals surface area (Å²) in [4.78, 5) is 28.3. The molecule has 0 aliphatic rings. The second kappa shape index (κ2) is 6.73. The van der Waals surface area contributed by atoms with Gasteiger partial charge in [0.2, 0.25) is 5.91 Å². The van der Waals surface area contributed by atoms with Crippen molar-refractivity contribution in [2.75, 3.05) is 13.7 Å². The summed E-state index contributed by atoms with van der Waals surface area (Å²) in [6, 6.07) is 7.13. The van der Waals surface area contributed by atoms with Crippen LogP contribution in [0.5, 0.6) is 0 Å². The van der Waals surface area contributed by atoms with Gasteiger partial charge in [0.05, 0.1) is 29.3 Å². The third kappa shape index (κ3) is 3.43. The molecule has 0 aliphatic heterocycles. The van der Waals surface area contributed by atoms with Crippen molar-refractivity contribution in [1.82, 2.24) is 9.55 Å². The summed E-state index contributed by atoms with van der Waals surface area (Å²) in [5.41, 5.74) is 5.75. The van der Waals surface area contributed by atoms with Crippen molar-refractivity contribution in [3.63, 3.8) is 0 Å². The predicted octanol–water partition coefficient (Wildman–Crippen LogP) is 1.01. The Kier molecular flexibility index (Phi) is 4.98. The molecule has 0 radical (unpaired) electrons. The van der Waals surface area contributed by atoms with Gasteiger partial charge in [0, 0.05) is 7.11 Å². The minimum Gasteiger partial charge on any atom is -0.383 e. The second-order valence-electron chi connectivity index (χ2n) is 4.52. The molecule has 1 heterocycles. The first-order valence-electron chi connectivity index (χ1n) is 6.49. The van der Waals surface area contributed by atoms with Crippen molar-refractivity contribution < 1.29 is 9.53 Å². The molecule has 1 aromatic carbocycles. The minimum absolute atomic E-state index is 0.142. The van der Waals surface area contributed by atoms with Gasteiger partial charge in [-0.1, -0.05) is 23.9 Å². The number of rotatable bonds is 6. The molecule has 6 nitrogen and oxygen atoms in total. The van der Waals surface area contributed by atoms with Crippen LogP contribution in [0.1, 0.15) is 6.92 Å². The molecule has 1 atom stereocenters. The van der Waals surface area contributed by atoms with Gasteiger partial charge in [-0.25, -0.2) is 4.98 Å². The lowest BCUT2D eigenvalue weighted by atomic mass is 10.2. The van der Waals surface area contributed by atoms with E-state index in [2.05, 4.69) is 4.98 Å². The smallest absolute Gasteiger partial charge is 0.262 e. The number of aromatic nitrogens is 2. The van der Waals surface area contributed by atoms with E-state index in [0.717, 1.165) is 0 Å². The van der Waals surface area contributed by atoms with Crippen LogP contribution in [0.4, 0.5) is 0 Å². The van der Waals surface area contributed by atoms with Crippen LogP contribution >= 0.6 is 11.8 Å². The molecular formula is C14H17N3O3S. The van der Waals surface area contributed by atoms with Gasteiger partial charge in [0.1, 0.15) is 0 Å². The van der Waals surface area contributed by atoms with E-state index in [1.807, 2.05) is 6.07 Å². The van der Waals surface area contributed by atoms with E-state index in [4.69, 9.17) is 10.5 Å². The molecule has 2 N–H and O–H groups in total. The Morgan fingerprint density at radius 2 is 2.19 bits per heavy atom. The third-order valence-corrected chi connectivity index (χ3v) is 4.14. The fraction of sp³-hybridized carbons (Fsp3) is 0.357. The van der Waals surface area contributed by atoms with Gasteiger partial charge in [0.15, 0.2) is 5.16 Å². The van der Waals surface area contributed by atoms with Crippen molar-refractivity contribution in [2.24, 2.45) is 5.73 Å². The maximum atomic E-state index is 12.5. The van der Waals surface area contributed by atoms with E-state index in [1.165, 1.54) is 16.3 Å². The topological polar surface area (TPSA) is 87.2 Å². The molecular weight excluding hydrogens is 290 g/mol. The van der Waals surface area contributed by atoms with Gasteiger partial charge in [0.25, 0.3) is 5.56 Å². The van der Waals surface area contributed by atoms with Crippen molar-refractivity contribution in [2.45, 2.75) is 23.9 Å². The summed E-state index contributed by atoms with van der Waals surface area (Å²) in [6.07, 6.45) is 0. The van der Waals surface area contributed by atoms with Gasteiger partial charge in [-0.2, -0.15) is 0 Å². The molecule has 112 valence electrons. The van der Waals surface area contributed by atoms with Crippen molar-refractivity contribution in [3.05, 3.63) is 34.6 Å². The first-order valence-corrected chi connectivity index (χ1v) is 7.37. The summed E-state index contributed by atoms with van der Waals surface area (Å²) >= 11 is 1.18. The number of benzene rings is 1. The Morgan fingerprint density at radius 1 is 1.48 bits per heavy atom. The molecule has 0 unspecified atom stereocenters. The highest BCUT2D eigenvalue weighted by molar-refractivity contribution is 8.00. The number of thioether (sulfide) groups is 1. The summed E-state index contributed by atoms with van der Waals surface area (Å²) in [7, 11) is 1.57. The molecule has 0 saturated carbocycles. The average molecular weight is 307 g/mol. The molecule has 2 rings (SSSR count). The largest absolute Gasteiger partial charge is 0.383 e. The summed E-state index contributed by atoms with van der Waals surface area (Å²) in [6.45, 7) is 2.45. The van der Waals surface area contributed by atoms with Crippen LogP contribution in [0.3, 0.4) is 0 Å². The second-order valence-corrected chi connectivity index (χ2v) is 5.83. The van der Waals surface area contributed by atoms with Crippen LogP contribution in [-0.4, -0.2) is 34.4 Å². The number of para-hydroxylation sites is 1. The quantitative estimate of drug-likeness (QED) is 0.635. The normalized spacial score (nSPS) is 12.5. The zero-order valence-electron chi connectivity index (χ0n) is 11.9. The highest BCUT2D eigenvalue weighted by Gasteiger charge is 2.17. The predicted molar refractivity (Wildman–Crippen MR) is 82.4 cm³/mol. The zero-order valence-corrected chi connectivity index (χ0v) is 12.7. The number of nitrogens with two attached hydrogens (primary N) is 1. The van der Waals surface area contributed by atoms with Crippen molar-refractivity contribution in [1.29, 1.82) is 0 Å². The lowest BCUT2D eigenvalue weighted by molar-refractivity contribution is -0.117. The minimum atomic E-state index is -0.466. The Labute approximate surface area is 126 Å². The number of nitrogens with zero attached hydrogens (tertiary/aromatic N) is 2. The van der Waals surface area contributed by atoms with Gasteiger partial charge < -0.3 is 10.5 Å². The zero-order chi connectivity index (χ0) is 15.4. The van der Waals surface area contributed by atoms with Crippen LogP contribution in [0.2, 0.25) is 0 Å². The standard InChI is InChI=1S/C14H17N3O3S/c1-9(12(15)18)21-14-16-11-6-4-3-5-10(11)13(19)17(14)7-8-20-2/h3-6,9H,7-8H2,1-2H3,(H2,15,18)/t9-/m0/s1. The molecule has 2 aromatic rings. The molecule has 0 bridgehead atoms. The van der Waals surface area contributed by atoms with E-state index >= 15 is 0 Å². The molecule has 0 fully saturated rings. The van der Waals surface area contributed by atoms with E-state index in [-0.39, 0.29) is 5.56 Å². The van der Waals surface area contributed by atoms with Gasteiger partial charge >= 0.3 is 0 Å². The molecule has 1 amide bonds. The highest BCUT2D eigenvalue weighted by Crippen LogP contribution is 2.22. The molecule has 1 aromatic heterocycles. The fourth-order valence-corrected chi connectivity index (χ4v) is 2.72. The van der Waals surface area contributed by atoms with Crippen molar-refractivity contribution in [3.8, 4) is 0 Å². The Hall–Kier alpha value is -1.86. The summed E-state index contributed by atoms with van der Waals surface area (Å²) in [5, 5.41) is 0.554. The lowest BCUT2D eigenvalue weighted by Crippen LogP contribution is -2.28. The molecule has 0 aliphatic carbocycles. The van der Waals surface area contributed by atoms with Crippen molar-refractivity contribution >= 4 is 28.6 Å². The fourth-order valence-electron chi connectivity index (χ4n) is 1.83. The number of carbonyl (C=O) groups excluding carboxylic acids is 1. The third-order valence-electron chi connectivity index (χ3n) is 3.03. The van der Waals surface area contributed by atoms with E-state index in [9.17, 15) is 9.59 Å². The van der Waals surface area contributed by atoms with E-state index < -0.39 is 11.2 Å². The number of ether oxygens (including phenoxy) is 1. The van der Waals surface area contributed by atoms with Crippen LogP contribution in [0.15, 0.2) is 34.2 Å². The number of primary amides is 1. The summed E-state index contributed by atoms with van der Waals surface area (Å²) in [5.74, 6) is -0.444.